The van der Waals surface area contributed by atoms with E-state index < -0.39 is 0 Å². The lowest BCUT2D eigenvalue weighted by molar-refractivity contribution is 0.0277. The zero-order chi connectivity index (χ0) is 14.2. The Kier molecular flexibility index (Phi) is 7.37. The second kappa shape index (κ2) is 9.04. The van der Waals surface area contributed by atoms with Gasteiger partial charge in [-0.15, -0.1) is 0 Å². The van der Waals surface area contributed by atoms with E-state index in [4.69, 9.17) is 0 Å². The normalized spacial score (nSPS) is 35.4. The Hall–Kier alpha value is -0.0800. The molecule has 2 nitrogen and oxygen atoms in total. The lowest BCUT2D eigenvalue weighted by atomic mass is 9.94. The molecule has 3 atom stereocenters. The second-order valence-electron chi connectivity index (χ2n) is 6.98. The number of aliphatic hydroxyl groups is 1. The highest BCUT2D eigenvalue weighted by molar-refractivity contribution is 4.88. The van der Waals surface area contributed by atoms with E-state index in [1.165, 1.54) is 83.6 Å². The van der Waals surface area contributed by atoms with Gasteiger partial charge in [-0.05, 0) is 38.6 Å². The maximum Gasteiger partial charge on any atom is 0.0695 e. The largest absolute Gasteiger partial charge is 0.391 e. The van der Waals surface area contributed by atoms with Crippen molar-refractivity contribution < 1.29 is 5.11 Å². The summed E-state index contributed by atoms with van der Waals surface area (Å²) in [7, 11) is 0. The topological polar surface area (TPSA) is 23.5 Å². The molecule has 1 heterocycles. The lowest BCUT2D eigenvalue weighted by Crippen LogP contribution is -2.46. The fourth-order valence-electron chi connectivity index (χ4n) is 4.27. The Balaban J connectivity index is 1.93. The Labute approximate surface area is 125 Å². The molecular weight excluding hydrogens is 246 g/mol. The number of likely N-dealkylation sites (tertiary alicyclic amines) is 1. The van der Waals surface area contributed by atoms with Gasteiger partial charge in [0.25, 0.3) is 0 Å². The van der Waals surface area contributed by atoms with Crippen molar-refractivity contribution in [2.75, 3.05) is 6.54 Å². The molecule has 1 saturated carbocycles. The molecule has 0 aromatic rings. The minimum absolute atomic E-state index is 0.0819. The average Bonchev–Trinajstić information content (AvgIpc) is 2.91. The molecule has 2 rings (SSSR count). The summed E-state index contributed by atoms with van der Waals surface area (Å²) in [6.07, 6.45) is 16.9. The summed E-state index contributed by atoms with van der Waals surface area (Å²) in [6, 6.07) is 1.18. The van der Waals surface area contributed by atoms with Crippen LogP contribution < -0.4 is 0 Å². The molecule has 118 valence electrons. The van der Waals surface area contributed by atoms with Crippen molar-refractivity contribution >= 4 is 0 Å². The second-order valence-corrected chi connectivity index (χ2v) is 6.98. The Morgan fingerprint density at radius 2 is 1.40 bits per heavy atom. The number of hydrogen-bond donors (Lipinski definition) is 1. The number of rotatable bonds is 2. The van der Waals surface area contributed by atoms with Crippen LogP contribution in [0.4, 0.5) is 0 Å². The summed E-state index contributed by atoms with van der Waals surface area (Å²) >= 11 is 0. The van der Waals surface area contributed by atoms with E-state index in [2.05, 4.69) is 11.8 Å². The van der Waals surface area contributed by atoms with Crippen LogP contribution in [0.25, 0.3) is 0 Å². The summed E-state index contributed by atoms with van der Waals surface area (Å²) in [6.45, 7) is 3.53. The van der Waals surface area contributed by atoms with Crippen molar-refractivity contribution in [3.8, 4) is 0 Å². The van der Waals surface area contributed by atoms with E-state index in [0.717, 1.165) is 12.5 Å². The molecule has 0 bridgehead atoms. The molecule has 0 amide bonds. The molecule has 1 saturated heterocycles. The molecule has 3 unspecified atom stereocenters. The van der Waals surface area contributed by atoms with Crippen molar-refractivity contribution in [2.24, 2.45) is 0 Å². The number of nitrogens with zero attached hydrogens (tertiary/aromatic N) is 1. The number of aliphatic hydroxyl groups excluding tert-OH is 1. The Morgan fingerprint density at radius 3 is 2.05 bits per heavy atom. The van der Waals surface area contributed by atoms with Gasteiger partial charge in [-0.1, -0.05) is 58.3 Å². The van der Waals surface area contributed by atoms with Crippen LogP contribution in [-0.2, 0) is 0 Å². The molecule has 0 aromatic heterocycles. The first kappa shape index (κ1) is 16.3. The highest BCUT2D eigenvalue weighted by atomic mass is 16.3. The SMILES string of the molecule is CCC1CCCN1C1CCCCCCCCCCC1O. The minimum Gasteiger partial charge on any atom is -0.391 e. The number of hydrogen-bond acceptors (Lipinski definition) is 2. The van der Waals surface area contributed by atoms with Crippen molar-refractivity contribution in [1.29, 1.82) is 0 Å². The third-order valence-corrected chi connectivity index (χ3v) is 5.51. The standard InChI is InChI=1S/C18H35NO/c1-2-16-12-11-15-19(16)17-13-9-7-5-3-4-6-8-10-14-18(17)20/h16-18,20H,2-15H2,1H3. The monoisotopic (exact) mass is 281 g/mol. The quantitative estimate of drug-likeness (QED) is 0.805. The first-order valence-corrected chi connectivity index (χ1v) is 9.26. The van der Waals surface area contributed by atoms with Crippen LogP contribution in [0.2, 0.25) is 0 Å². The van der Waals surface area contributed by atoms with Gasteiger partial charge in [0.2, 0.25) is 0 Å². The van der Waals surface area contributed by atoms with E-state index in [1.807, 2.05) is 0 Å². The van der Waals surface area contributed by atoms with E-state index in [-0.39, 0.29) is 6.10 Å². The van der Waals surface area contributed by atoms with Gasteiger partial charge >= 0.3 is 0 Å². The molecule has 20 heavy (non-hydrogen) atoms. The molecule has 0 radical (unpaired) electrons. The summed E-state index contributed by atoms with van der Waals surface area (Å²) in [5.41, 5.74) is 0. The fraction of sp³-hybridized carbons (Fsp3) is 1.00. The van der Waals surface area contributed by atoms with Gasteiger partial charge < -0.3 is 5.11 Å². The molecule has 1 aliphatic heterocycles. The summed E-state index contributed by atoms with van der Waals surface area (Å²) in [5, 5.41) is 10.7. The average molecular weight is 281 g/mol. The van der Waals surface area contributed by atoms with Crippen molar-refractivity contribution in [2.45, 2.75) is 109 Å². The third-order valence-electron chi connectivity index (χ3n) is 5.51. The summed E-state index contributed by atoms with van der Waals surface area (Å²) in [4.78, 5) is 2.66. The van der Waals surface area contributed by atoms with Gasteiger partial charge in [-0.2, -0.15) is 0 Å². The van der Waals surface area contributed by atoms with Gasteiger partial charge in [0.1, 0.15) is 0 Å². The van der Waals surface area contributed by atoms with E-state index in [9.17, 15) is 5.11 Å². The lowest BCUT2D eigenvalue weighted by Gasteiger charge is -2.36. The maximum absolute atomic E-state index is 10.7. The van der Waals surface area contributed by atoms with Crippen LogP contribution >= 0.6 is 0 Å². The Bertz CT molecular complexity index is 256. The smallest absolute Gasteiger partial charge is 0.0695 e. The van der Waals surface area contributed by atoms with Gasteiger partial charge in [0, 0.05) is 12.1 Å². The molecule has 2 fully saturated rings. The molecule has 0 spiro atoms. The van der Waals surface area contributed by atoms with E-state index >= 15 is 0 Å². The predicted molar refractivity (Wildman–Crippen MR) is 86.0 cm³/mol. The van der Waals surface area contributed by atoms with Crippen LogP contribution in [0.1, 0.15) is 90.4 Å². The molecule has 0 aromatic carbocycles. The molecule has 1 N–H and O–H groups in total. The van der Waals surface area contributed by atoms with Crippen molar-refractivity contribution in [3.63, 3.8) is 0 Å². The molecular formula is C18H35NO. The maximum atomic E-state index is 10.7. The van der Waals surface area contributed by atoms with Crippen LogP contribution in [-0.4, -0.2) is 34.7 Å². The molecule has 1 aliphatic carbocycles. The first-order valence-electron chi connectivity index (χ1n) is 9.26. The highest BCUT2D eigenvalue weighted by Crippen LogP contribution is 2.28. The van der Waals surface area contributed by atoms with Crippen LogP contribution in [0.3, 0.4) is 0 Å². The highest BCUT2D eigenvalue weighted by Gasteiger charge is 2.33. The van der Waals surface area contributed by atoms with Gasteiger partial charge in [-0.25, -0.2) is 0 Å². The molecule has 2 heteroatoms. The van der Waals surface area contributed by atoms with Gasteiger partial charge in [0.05, 0.1) is 6.10 Å². The Morgan fingerprint density at radius 1 is 0.800 bits per heavy atom. The van der Waals surface area contributed by atoms with Crippen molar-refractivity contribution in [3.05, 3.63) is 0 Å². The van der Waals surface area contributed by atoms with Crippen LogP contribution in [0.15, 0.2) is 0 Å². The molecule has 2 aliphatic rings. The van der Waals surface area contributed by atoms with Crippen LogP contribution in [0, 0.1) is 0 Å². The minimum atomic E-state index is -0.0819. The van der Waals surface area contributed by atoms with Crippen molar-refractivity contribution in [1.82, 2.24) is 4.90 Å². The summed E-state index contributed by atoms with van der Waals surface area (Å²) < 4.78 is 0. The van der Waals surface area contributed by atoms with Gasteiger partial charge in [0.15, 0.2) is 0 Å². The van der Waals surface area contributed by atoms with E-state index in [1.54, 1.807) is 0 Å². The van der Waals surface area contributed by atoms with Crippen LogP contribution in [0.5, 0.6) is 0 Å². The first-order chi connectivity index (χ1) is 9.83. The summed E-state index contributed by atoms with van der Waals surface area (Å²) in [5.74, 6) is 0. The zero-order valence-corrected chi connectivity index (χ0v) is 13.5. The van der Waals surface area contributed by atoms with E-state index in [0.29, 0.717) is 6.04 Å². The third kappa shape index (κ3) is 4.73. The van der Waals surface area contributed by atoms with Gasteiger partial charge in [-0.3, -0.25) is 4.90 Å². The zero-order valence-electron chi connectivity index (χ0n) is 13.5. The predicted octanol–water partition coefficient (Wildman–Crippen LogP) is 4.50. The fourth-order valence-corrected chi connectivity index (χ4v) is 4.27.